The van der Waals surface area contributed by atoms with Crippen molar-refractivity contribution in [3.63, 3.8) is 0 Å². The molecular formula is C7H11Li. The Morgan fingerprint density at radius 1 is 1.25 bits per heavy atom. The van der Waals surface area contributed by atoms with Crippen LogP contribution in [0.5, 0.6) is 0 Å². The van der Waals surface area contributed by atoms with Crippen LogP contribution < -0.4 is 18.9 Å². The smallest absolute Gasteiger partial charge is 0.311 e. The van der Waals surface area contributed by atoms with E-state index in [1.165, 1.54) is 6.42 Å². The van der Waals surface area contributed by atoms with Gasteiger partial charge in [-0.2, -0.15) is 11.8 Å². The minimum absolute atomic E-state index is 0. The summed E-state index contributed by atoms with van der Waals surface area (Å²) in [4.78, 5) is 0. The van der Waals surface area contributed by atoms with Gasteiger partial charge in [-0.05, 0) is 0 Å². The normalized spacial score (nSPS) is 46.9. The molecule has 0 bridgehead atoms. The maximum atomic E-state index is 2.36. The molecule has 0 amide bonds. The van der Waals surface area contributed by atoms with Gasteiger partial charge in [0.15, 0.2) is 0 Å². The quantitative estimate of drug-likeness (QED) is 0.272. The summed E-state index contributed by atoms with van der Waals surface area (Å²) in [5.41, 5.74) is 1.39. The van der Waals surface area contributed by atoms with Crippen LogP contribution in [0.3, 0.4) is 0 Å². The van der Waals surface area contributed by atoms with Crippen molar-refractivity contribution < 1.29 is 18.9 Å². The van der Waals surface area contributed by atoms with Crippen LogP contribution in [0.25, 0.3) is 0 Å². The summed E-state index contributed by atoms with van der Waals surface area (Å²) in [6.45, 7) is 7.04. The molecule has 2 fully saturated rings. The molecule has 0 aromatic carbocycles. The number of hydrogen-bond acceptors (Lipinski definition) is 0. The fourth-order valence-corrected chi connectivity index (χ4v) is 1.67. The molecule has 0 aromatic heterocycles. The average Bonchev–Trinajstić information content (AvgIpc) is 2.26. The fourth-order valence-electron chi connectivity index (χ4n) is 1.67. The SMILES string of the molecule is CC1(C)[C-]2CC21C.[Li+]. The zero-order valence-corrected chi connectivity index (χ0v) is 6.21. The molecule has 2 aliphatic rings. The van der Waals surface area contributed by atoms with Crippen LogP contribution in [0.4, 0.5) is 0 Å². The Bertz CT molecular complexity index is 119. The predicted molar refractivity (Wildman–Crippen MR) is 29.7 cm³/mol. The first-order valence-corrected chi connectivity index (χ1v) is 2.96. The largest absolute Gasteiger partial charge is 1.00 e. The van der Waals surface area contributed by atoms with Crippen molar-refractivity contribution >= 4 is 0 Å². The van der Waals surface area contributed by atoms with E-state index in [1.54, 1.807) is 5.92 Å². The van der Waals surface area contributed by atoms with Gasteiger partial charge in [-0.15, -0.1) is 0 Å². The van der Waals surface area contributed by atoms with E-state index in [0.717, 1.165) is 5.41 Å². The van der Waals surface area contributed by atoms with Gasteiger partial charge in [-0.25, -0.2) is 5.41 Å². The molecule has 2 saturated carbocycles. The summed E-state index contributed by atoms with van der Waals surface area (Å²) in [7, 11) is 0. The Labute approximate surface area is 63.2 Å². The van der Waals surface area contributed by atoms with Crippen LogP contribution in [0.1, 0.15) is 27.2 Å². The summed E-state index contributed by atoms with van der Waals surface area (Å²) in [5, 5.41) is 0. The first kappa shape index (κ1) is 6.71. The van der Waals surface area contributed by atoms with E-state index >= 15 is 0 Å². The minimum Gasteiger partial charge on any atom is -0.311 e. The van der Waals surface area contributed by atoms with Crippen molar-refractivity contribution in [3.05, 3.63) is 5.92 Å². The minimum atomic E-state index is 0. The van der Waals surface area contributed by atoms with E-state index in [9.17, 15) is 0 Å². The standard InChI is InChI=1S/C7H11.Li/c1-6(2)5-4-7(5,6)3;/h4H2,1-3H3;/q-1;+1. The third-order valence-corrected chi connectivity index (χ3v) is 3.14. The maximum Gasteiger partial charge on any atom is 1.00 e. The van der Waals surface area contributed by atoms with Gasteiger partial charge >= 0.3 is 18.9 Å². The van der Waals surface area contributed by atoms with Crippen molar-refractivity contribution in [1.29, 1.82) is 0 Å². The van der Waals surface area contributed by atoms with Gasteiger partial charge in [0.25, 0.3) is 0 Å². The van der Waals surface area contributed by atoms with E-state index < -0.39 is 0 Å². The second-order valence-electron chi connectivity index (χ2n) is 3.61. The van der Waals surface area contributed by atoms with Crippen molar-refractivity contribution in [1.82, 2.24) is 0 Å². The molecule has 0 nitrogen and oxygen atoms in total. The van der Waals surface area contributed by atoms with E-state index in [-0.39, 0.29) is 18.9 Å². The Balaban J connectivity index is 0.000000320. The Morgan fingerprint density at radius 2 is 1.50 bits per heavy atom. The molecule has 0 radical (unpaired) electrons. The molecule has 0 aromatic rings. The van der Waals surface area contributed by atoms with Gasteiger partial charge in [0.05, 0.1) is 0 Å². The summed E-state index contributed by atoms with van der Waals surface area (Å²) in [5.74, 6) is 1.81. The molecule has 0 spiro atoms. The topological polar surface area (TPSA) is 0 Å². The van der Waals surface area contributed by atoms with Crippen molar-refractivity contribution in [2.75, 3.05) is 0 Å². The number of rotatable bonds is 0. The van der Waals surface area contributed by atoms with Crippen LogP contribution in [0, 0.1) is 16.7 Å². The number of hydrogen-bond donors (Lipinski definition) is 0. The second-order valence-corrected chi connectivity index (χ2v) is 3.61. The first-order chi connectivity index (χ1) is 3.09. The van der Waals surface area contributed by atoms with Crippen LogP contribution in [-0.4, -0.2) is 0 Å². The Hall–Kier alpha value is 0.597. The third kappa shape index (κ3) is 0.405. The Kier molecular flexibility index (Phi) is 1.01. The zero-order chi connectivity index (χ0) is 5.28. The van der Waals surface area contributed by atoms with Crippen molar-refractivity contribution in [3.8, 4) is 0 Å². The fraction of sp³-hybridized carbons (Fsp3) is 0.857. The third-order valence-electron chi connectivity index (χ3n) is 3.14. The average molecular weight is 102 g/mol. The van der Waals surface area contributed by atoms with Gasteiger partial charge in [-0.1, -0.05) is 20.8 Å². The van der Waals surface area contributed by atoms with Gasteiger partial charge < -0.3 is 5.92 Å². The summed E-state index contributed by atoms with van der Waals surface area (Å²) in [6.07, 6.45) is 1.43. The van der Waals surface area contributed by atoms with Crippen LogP contribution >= 0.6 is 0 Å². The summed E-state index contributed by atoms with van der Waals surface area (Å²) >= 11 is 0. The van der Waals surface area contributed by atoms with Crippen LogP contribution in [-0.2, 0) is 0 Å². The van der Waals surface area contributed by atoms with Gasteiger partial charge in [-0.3, -0.25) is 0 Å². The monoisotopic (exact) mass is 102 g/mol. The molecule has 0 saturated heterocycles. The molecule has 8 heavy (non-hydrogen) atoms. The van der Waals surface area contributed by atoms with Crippen LogP contribution in [0.2, 0.25) is 0 Å². The van der Waals surface area contributed by atoms with Gasteiger partial charge in [0.2, 0.25) is 0 Å². The van der Waals surface area contributed by atoms with Crippen LogP contribution in [0.15, 0.2) is 0 Å². The Morgan fingerprint density at radius 3 is 1.50 bits per heavy atom. The first-order valence-electron chi connectivity index (χ1n) is 2.96. The van der Waals surface area contributed by atoms with E-state index in [2.05, 4.69) is 20.8 Å². The molecule has 1 atom stereocenters. The second kappa shape index (κ2) is 1.20. The summed E-state index contributed by atoms with van der Waals surface area (Å²) < 4.78 is 0. The predicted octanol–water partition coefficient (Wildman–Crippen LogP) is -0.985. The molecule has 40 valence electrons. The molecule has 0 heterocycles. The molecule has 1 unspecified atom stereocenters. The number of fused-ring (bicyclic) bond motifs is 1. The van der Waals surface area contributed by atoms with E-state index in [1.807, 2.05) is 0 Å². The zero-order valence-electron chi connectivity index (χ0n) is 6.21. The van der Waals surface area contributed by atoms with E-state index in [0.29, 0.717) is 5.41 Å². The van der Waals surface area contributed by atoms with Crippen molar-refractivity contribution in [2.45, 2.75) is 27.2 Å². The molecule has 0 N–H and O–H groups in total. The summed E-state index contributed by atoms with van der Waals surface area (Å²) in [6, 6.07) is 0. The van der Waals surface area contributed by atoms with Gasteiger partial charge in [0.1, 0.15) is 0 Å². The van der Waals surface area contributed by atoms with Gasteiger partial charge in [0, 0.05) is 0 Å². The molecule has 0 aliphatic heterocycles. The molecule has 2 rings (SSSR count). The maximum absolute atomic E-state index is 2.36. The molecule has 2 aliphatic carbocycles. The van der Waals surface area contributed by atoms with E-state index in [4.69, 9.17) is 0 Å². The molecular weight excluding hydrogens is 91.0 g/mol. The van der Waals surface area contributed by atoms with Crippen molar-refractivity contribution in [2.24, 2.45) is 10.8 Å². The molecule has 1 heteroatoms.